The van der Waals surface area contributed by atoms with E-state index in [1.165, 1.54) is 40.2 Å². The maximum atomic E-state index is 11.9. The maximum absolute atomic E-state index is 11.9. The molecular weight excluding hydrogens is 318 g/mol. The van der Waals surface area contributed by atoms with Gasteiger partial charge >= 0.3 is 17.9 Å². The van der Waals surface area contributed by atoms with Gasteiger partial charge in [0.15, 0.2) is 5.57 Å². The molecule has 1 heterocycles. The van der Waals surface area contributed by atoms with Gasteiger partial charge in [0.25, 0.3) is 5.79 Å². The average Bonchev–Trinajstić information content (AvgIpc) is 2.52. The number of esters is 3. The Balaban J connectivity index is 2.29. The van der Waals surface area contributed by atoms with Crippen molar-refractivity contribution in [1.82, 2.24) is 0 Å². The van der Waals surface area contributed by atoms with Gasteiger partial charge in [-0.25, -0.2) is 14.4 Å². The lowest BCUT2D eigenvalue weighted by Crippen LogP contribution is -2.42. The molecule has 0 unspecified atom stereocenters. The summed E-state index contributed by atoms with van der Waals surface area (Å²) in [5, 5.41) is 2.74. The molecule has 0 bridgehead atoms. The number of anilines is 1. The smallest absolute Gasteiger partial charge is 0.350 e. The molecule has 0 aromatic heterocycles. The second-order valence-corrected chi connectivity index (χ2v) is 5.29. The quantitative estimate of drug-likeness (QED) is 0.503. The molecule has 1 aliphatic heterocycles. The first-order valence-electron chi connectivity index (χ1n) is 6.97. The van der Waals surface area contributed by atoms with Crippen LogP contribution in [-0.4, -0.2) is 37.9 Å². The van der Waals surface area contributed by atoms with Gasteiger partial charge in [0, 0.05) is 20.0 Å². The molecule has 2 rings (SSSR count). The van der Waals surface area contributed by atoms with Crippen molar-refractivity contribution in [2.24, 2.45) is 0 Å². The summed E-state index contributed by atoms with van der Waals surface area (Å²) in [4.78, 5) is 35.4. The lowest BCUT2D eigenvalue weighted by Gasteiger charge is -2.29. The number of cyclic esters (lactones) is 2. The van der Waals surface area contributed by atoms with Crippen molar-refractivity contribution in [1.29, 1.82) is 0 Å². The third kappa shape index (κ3) is 3.65. The fourth-order valence-corrected chi connectivity index (χ4v) is 1.99. The molecule has 1 fully saturated rings. The highest BCUT2D eigenvalue weighted by Gasteiger charge is 2.39. The number of carbonyl (C=O) groups is 3. The third-order valence-corrected chi connectivity index (χ3v) is 3.11. The molecule has 1 saturated heterocycles. The van der Waals surface area contributed by atoms with Gasteiger partial charge < -0.3 is 24.3 Å². The second kappa shape index (κ2) is 6.61. The van der Waals surface area contributed by atoms with Crippen LogP contribution in [0.5, 0.6) is 5.75 Å². The number of hydrogen-bond acceptors (Lipinski definition) is 8. The van der Waals surface area contributed by atoms with Gasteiger partial charge in [-0.2, -0.15) is 0 Å². The van der Waals surface area contributed by atoms with Gasteiger partial charge in [-0.15, -0.1) is 0 Å². The van der Waals surface area contributed by atoms with Crippen LogP contribution in [0.3, 0.4) is 0 Å². The topological polar surface area (TPSA) is 100 Å². The Morgan fingerprint density at radius 3 is 2.33 bits per heavy atom. The Morgan fingerprint density at radius 2 is 1.79 bits per heavy atom. The van der Waals surface area contributed by atoms with Crippen LogP contribution in [0.4, 0.5) is 5.69 Å². The predicted octanol–water partition coefficient (Wildman–Crippen LogP) is 1.61. The molecule has 0 amide bonds. The van der Waals surface area contributed by atoms with Gasteiger partial charge in [0.2, 0.25) is 0 Å². The van der Waals surface area contributed by atoms with Crippen LogP contribution in [0.2, 0.25) is 0 Å². The molecule has 0 atom stereocenters. The van der Waals surface area contributed by atoms with E-state index in [1.807, 2.05) is 0 Å². The molecule has 1 N–H and O–H groups in total. The van der Waals surface area contributed by atoms with E-state index in [4.69, 9.17) is 14.2 Å². The lowest BCUT2D eigenvalue weighted by molar-refractivity contribution is -0.222. The van der Waals surface area contributed by atoms with Gasteiger partial charge in [-0.3, -0.25) is 0 Å². The molecule has 8 heteroatoms. The van der Waals surface area contributed by atoms with Crippen molar-refractivity contribution in [3.63, 3.8) is 0 Å². The Hall–Kier alpha value is -3.03. The van der Waals surface area contributed by atoms with Crippen molar-refractivity contribution in [3.05, 3.63) is 35.5 Å². The van der Waals surface area contributed by atoms with Crippen molar-refractivity contribution in [2.45, 2.75) is 19.6 Å². The molecule has 1 aliphatic rings. The second-order valence-electron chi connectivity index (χ2n) is 5.29. The van der Waals surface area contributed by atoms with Crippen LogP contribution in [0.1, 0.15) is 24.2 Å². The Kier molecular flexibility index (Phi) is 4.77. The molecule has 1 aromatic rings. The summed E-state index contributed by atoms with van der Waals surface area (Å²) in [5.74, 6) is -3.07. The van der Waals surface area contributed by atoms with Crippen LogP contribution in [-0.2, 0) is 23.8 Å². The summed E-state index contributed by atoms with van der Waals surface area (Å²) in [6.07, 6.45) is 1.14. The zero-order valence-electron chi connectivity index (χ0n) is 13.7. The molecule has 0 spiro atoms. The fraction of sp³-hybridized carbons (Fsp3) is 0.312. The first kappa shape index (κ1) is 17.3. The van der Waals surface area contributed by atoms with E-state index in [2.05, 4.69) is 10.1 Å². The number of methoxy groups -OCH3 is 2. The van der Waals surface area contributed by atoms with Crippen molar-refractivity contribution < 1.29 is 33.3 Å². The monoisotopic (exact) mass is 335 g/mol. The van der Waals surface area contributed by atoms with E-state index < -0.39 is 23.7 Å². The standard InChI is InChI=1S/C16H17NO7/c1-16(2)23-14(19)10(15(20)24-16)8-17-11-7-9(13(18)22-4)5-6-12(11)21-3/h5-8,17H,1-4H3. The summed E-state index contributed by atoms with van der Waals surface area (Å²) >= 11 is 0. The summed E-state index contributed by atoms with van der Waals surface area (Å²) in [7, 11) is 2.70. The van der Waals surface area contributed by atoms with Gasteiger partial charge in [0.05, 0.1) is 25.5 Å². The van der Waals surface area contributed by atoms with Crippen molar-refractivity contribution in [3.8, 4) is 5.75 Å². The van der Waals surface area contributed by atoms with Gasteiger partial charge in [0.1, 0.15) is 5.75 Å². The van der Waals surface area contributed by atoms with E-state index in [1.54, 1.807) is 6.07 Å². The number of hydrogen-bond donors (Lipinski definition) is 1. The van der Waals surface area contributed by atoms with Crippen LogP contribution in [0.25, 0.3) is 0 Å². The molecule has 0 radical (unpaired) electrons. The lowest BCUT2D eigenvalue weighted by atomic mass is 10.2. The molecular formula is C16H17NO7. The van der Waals surface area contributed by atoms with E-state index >= 15 is 0 Å². The summed E-state index contributed by atoms with van der Waals surface area (Å²) in [6, 6.07) is 4.54. The Bertz CT molecular complexity index is 699. The van der Waals surface area contributed by atoms with Crippen molar-refractivity contribution >= 4 is 23.6 Å². The Morgan fingerprint density at radius 1 is 1.17 bits per heavy atom. The summed E-state index contributed by atoms with van der Waals surface area (Å²) in [6.45, 7) is 2.91. The molecule has 128 valence electrons. The number of rotatable bonds is 4. The van der Waals surface area contributed by atoms with E-state index in [9.17, 15) is 14.4 Å². The minimum absolute atomic E-state index is 0.272. The summed E-state index contributed by atoms with van der Waals surface area (Å²) in [5.41, 5.74) is 0.326. The van der Waals surface area contributed by atoms with Crippen LogP contribution in [0.15, 0.2) is 30.0 Å². The average molecular weight is 335 g/mol. The number of ether oxygens (including phenoxy) is 4. The summed E-state index contributed by atoms with van der Waals surface area (Å²) < 4.78 is 19.8. The van der Waals surface area contributed by atoms with Gasteiger partial charge in [-0.1, -0.05) is 0 Å². The van der Waals surface area contributed by atoms with Crippen LogP contribution in [0, 0.1) is 0 Å². The highest BCUT2D eigenvalue weighted by molar-refractivity contribution is 6.15. The van der Waals surface area contributed by atoms with E-state index in [-0.39, 0.29) is 11.1 Å². The maximum Gasteiger partial charge on any atom is 0.350 e. The molecule has 1 aromatic carbocycles. The normalized spacial score (nSPS) is 15.9. The minimum Gasteiger partial charge on any atom is -0.495 e. The van der Waals surface area contributed by atoms with E-state index in [0.29, 0.717) is 11.4 Å². The zero-order chi connectivity index (χ0) is 17.9. The number of nitrogens with one attached hydrogen (secondary N) is 1. The van der Waals surface area contributed by atoms with Crippen molar-refractivity contribution in [2.75, 3.05) is 19.5 Å². The third-order valence-electron chi connectivity index (χ3n) is 3.11. The first-order valence-corrected chi connectivity index (χ1v) is 6.97. The number of carbonyl (C=O) groups excluding carboxylic acids is 3. The SMILES string of the molecule is COC(=O)c1ccc(OC)c(NC=C2C(=O)OC(C)(C)OC2=O)c1. The predicted molar refractivity (Wildman–Crippen MR) is 82.3 cm³/mol. The highest BCUT2D eigenvalue weighted by Crippen LogP contribution is 2.27. The molecule has 8 nitrogen and oxygen atoms in total. The Labute approximate surface area is 138 Å². The molecule has 24 heavy (non-hydrogen) atoms. The van der Waals surface area contributed by atoms with Gasteiger partial charge in [-0.05, 0) is 18.2 Å². The highest BCUT2D eigenvalue weighted by atomic mass is 16.7. The fourth-order valence-electron chi connectivity index (χ4n) is 1.99. The molecule has 0 aliphatic carbocycles. The molecule has 0 saturated carbocycles. The first-order chi connectivity index (χ1) is 11.3. The van der Waals surface area contributed by atoms with Crippen LogP contribution >= 0.6 is 0 Å². The van der Waals surface area contributed by atoms with Crippen LogP contribution < -0.4 is 10.1 Å². The zero-order valence-corrected chi connectivity index (χ0v) is 13.7. The minimum atomic E-state index is -1.31. The largest absolute Gasteiger partial charge is 0.495 e. The number of benzene rings is 1. The van der Waals surface area contributed by atoms with E-state index in [0.717, 1.165) is 6.20 Å².